The Kier molecular flexibility index (Phi) is 4.23. The summed E-state index contributed by atoms with van der Waals surface area (Å²) in [7, 11) is 0. The monoisotopic (exact) mass is 302 g/mol. The summed E-state index contributed by atoms with van der Waals surface area (Å²) in [4.78, 5) is 13.5. The third kappa shape index (κ3) is 3.53. The summed E-state index contributed by atoms with van der Waals surface area (Å²) in [6.07, 6.45) is 1.61. The van der Waals surface area contributed by atoms with Crippen LogP contribution in [0, 0.1) is 0 Å². The van der Waals surface area contributed by atoms with Crippen LogP contribution >= 0.6 is 23.2 Å². The van der Waals surface area contributed by atoms with E-state index in [9.17, 15) is 9.90 Å². The Morgan fingerprint density at radius 3 is 2.47 bits per heavy atom. The van der Waals surface area contributed by atoms with Gasteiger partial charge >= 0.3 is 6.03 Å². The van der Waals surface area contributed by atoms with Crippen molar-refractivity contribution in [1.82, 2.24) is 4.90 Å². The van der Waals surface area contributed by atoms with Crippen LogP contribution in [0.5, 0.6) is 0 Å². The van der Waals surface area contributed by atoms with Gasteiger partial charge in [0.25, 0.3) is 0 Å². The van der Waals surface area contributed by atoms with Gasteiger partial charge in [-0.1, -0.05) is 36.5 Å². The van der Waals surface area contributed by atoms with E-state index in [1.807, 2.05) is 6.92 Å². The van der Waals surface area contributed by atoms with E-state index in [1.54, 1.807) is 23.1 Å². The van der Waals surface area contributed by atoms with E-state index < -0.39 is 5.60 Å². The first kappa shape index (κ1) is 14.4. The molecule has 0 unspecified atom stereocenters. The lowest BCUT2D eigenvalue weighted by Crippen LogP contribution is -2.64. The minimum absolute atomic E-state index is 0.251. The van der Waals surface area contributed by atoms with Crippen LogP contribution in [0.25, 0.3) is 0 Å². The molecule has 2 rings (SSSR count). The Labute approximate surface area is 122 Å². The van der Waals surface area contributed by atoms with E-state index in [-0.39, 0.29) is 6.03 Å². The van der Waals surface area contributed by atoms with Crippen molar-refractivity contribution in [3.8, 4) is 0 Å². The average molecular weight is 303 g/mol. The fraction of sp³-hybridized carbons (Fsp3) is 0.462. The van der Waals surface area contributed by atoms with Crippen LogP contribution in [0.2, 0.25) is 10.0 Å². The Hall–Kier alpha value is -0.970. The van der Waals surface area contributed by atoms with Crippen LogP contribution in [-0.4, -0.2) is 34.7 Å². The van der Waals surface area contributed by atoms with Crippen LogP contribution < -0.4 is 5.32 Å². The molecular formula is C13H16Cl2N2O2. The Morgan fingerprint density at radius 1 is 1.37 bits per heavy atom. The second-order valence-electron chi connectivity index (χ2n) is 4.92. The van der Waals surface area contributed by atoms with E-state index in [4.69, 9.17) is 23.2 Å². The standard InChI is InChI=1S/C13H16Cl2N2O2/c1-2-3-13(19)7-17(8-13)12(18)16-11-5-9(14)4-10(15)6-11/h4-6,19H,2-3,7-8H2,1H3,(H,16,18). The third-order valence-electron chi connectivity index (χ3n) is 3.09. The summed E-state index contributed by atoms with van der Waals surface area (Å²) in [5, 5.41) is 13.7. The normalized spacial score (nSPS) is 16.9. The molecule has 19 heavy (non-hydrogen) atoms. The molecule has 0 saturated carbocycles. The molecule has 2 amide bonds. The second-order valence-corrected chi connectivity index (χ2v) is 5.79. The predicted octanol–water partition coefficient (Wildman–Crippen LogP) is 3.37. The second kappa shape index (κ2) is 5.57. The molecule has 0 aromatic heterocycles. The fourth-order valence-electron chi connectivity index (χ4n) is 2.26. The van der Waals surface area contributed by atoms with E-state index in [0.29, 0.717) is 35.2 Å². The number of carbonyl (C=O) groups is 1. The number of urea groups is 1. The van der Waals surface area contributed by atoms with Crippen molar-refractivity contribution in [2.75, 3.05) is 18.4 Å². The van der Waals surface area contributed by atoms with Crippen LogP contribution in [0.4, 0.5) is 10.5 Å². The van der Waals surface area contributed by atoms with Gasteiger partial charge in [-0.15, -0.1) is 0 Å². The summed E-state index contributed by atoms with van der Waals surface area (Å²) in [5.74, 6) is 0. The van der Waals surface area contributed by atoms with Gasteiger partial charge in [-0.05, 0) is 24.6 Å². The minimum atomic E-state index is -0.724. The molecule has 1 aliphatic heterocycles. The van der Waals surface area contributed by atoms with Crippen molar-refractivity contribution in [3.05, 3.63) is 28.2 Å². The van der Waals surface area contributed by atoms with Gasteiger partial charge in [-0.25, -0.2) is 4.79 Å². The highest BCUT2D eigenvalue weighted by molar-refractivity contribution is 6.35. The highest BCUT2D eigenvalue weighted by Gasteiger charge is 2.42. The first-order chi connectivity index (χ1) is 8.92. The number of nitrogens with zero attached hydrogens (tertiary/aromatic N) is 1. The van der Waals surface area contributed by atoms with Gasteiger partial charge in [0.1, 0.15) is 0 Å². The maximum atomic E-state index is 11.9. The lowest BCUT2D eigenvalue weighted by Gasteiger charge is -2.46. The minimum Gasteiger partial charge on any atom is -0.386 e. The summed E-state index contributed by atoms with van der Waals surface area (Å²) >= 11 is 11.7. The number of β-amino-alcohol motifs (C(OH)–C–C–N with tert-alkyl or cyclic N) is 1. The molecule has 104 valence electrons. The number of benzene rings is 1. The molecule has 1 heterocycles. The number of carbonyl (C=O) groups excluding carboxylic acids is 1. The molecule has 0 radical (unpaired) electrons. The van der Waals surface area contributed by atoms with Gasteiger partial charge < -0.3 is 15.3 Å². The lowest BCUT2D eigenvalue weighted by molar-refractivity contribution is -0.0792. The third-order valence-corrected chi connectivity index (χ3v) is 3.52. The molecule has 4 nitrogen and oxygen atoms in total. The SMILES string of the molecule is CCCC1(O)CN(C(=O)Nc2cc(Cl)cc(Cl)c2)C1. The summed E-state index contributed by atoms with van der Waals surface area (Å²) in [6, 6.07) is 4.61. The van der Waals surface area contributed by atoms with Crippen LogP contribution in [0.1, 0.15) is 19.8 Å². The predicted molar refractivity (Wildman–Crippen MR) is 76.9 cm³/mol. The number of amides is 2. The molecule has 0 spiro atoms. The number of anilines is 1. The molecule has 1 saturated heterocycles. The van der Waals surface area contributed by atoms with Crippen LogP contribution in [-0.2, 0) is 0 Å². The number of nitrogens with one attached hydrogen (secondary N) is 1. The molecule has 1 aromatic carbocycles. The first-order valence-electron chi connectivity index (χ1n) is 6.16. The van der Waals surface area contributed by atoms with Crippen molar-refractivity contribution < 1.29 is 9.90 Å². The Bertz CT molecular complexity index is 467. The maximum absolute atomic E-state index is 11.9. The van der Waals surface area contributed by atoms with Crippen molar-refractivity contribution in [1.29, 1.82) is 0 Å². The molecule has 0 aliphatic carbocycles. The molecule has 6 heteroatoms. The topological polar surface area (TPSA) is 52.6 Å². The molecule has 0 bridgehead atoms. The van der Waals surface area contributed by atoms with E-state index in [0.717, 1.165) is 6.42 Å². The Balaban J connectivity index is 1.92. The largest absolute Gasteiger partial charge is 0.386 e. The molecule has 1 aliphatic rings. The number of aliphatic hydroxyl groups is 1. The van der Waals surface area contributed by atoms with Crippen molar-refractivity contribution in [2.45, 2.75) is 25.4 Å². The first-order valence-corrected chi connectivity index (χ1v) is 6.92. The van der Waals surface area contributed by atoms with Gasteiger partial charge in [0, 0.05) is 15.7 Å². The molecule has 1 fully saturated rings. The smallest absolute Gasteiger partial charge is 0.322 e. The number of rotatable bonds is 3. The lowest BCUT2D eigenvalue weighted by atomic mass is 9.90. The highest BCUT2D eigenvalue weighted by atomic mass is 35.5. The number of hydrogen-bond acceptors (Lipinski definition) is 2. The summed E-state index contributed by atoms with van der Waals surface area (Å²) in [6.45, 7) is 2.73. The van der Waals surface area contributed by atoms with Crippen molar-refractivity contribution in [3.63, 3.8) is 0 Å². The summed E-state index contributed by atoms with van der Waals surface area (Å²) in [5.41, 5.74) is -0.175. The molecular weight excluding hydrogens is 287 g/mol. The fourth-order valence-corrected chi connectivity index (χ4v) is 2.79. The summed E-state index contributed by atoms with van der Waals surface area (Å²) < 4.78 is 0. The van der Waals surface area contributed by atoms with Crippen molar-refractivity contribution >= 4 is 34.9 Å². The van der Waals surface area contributed by atoms with E-state index >= 15 is 0 Å². The van der Waals surface area contributed by atoms with Gasteiger partial charge in [0.05, 0.1) is 18.7 Å². The van der Waals surface area contributed by atoms with Crippen LogP contribution in [0.3, 0.4) is 0 Å². The average Bonchev–Trinajstić information content (AvgIpc) is 2.24. The Morgan fingerprint density at radius 2 is 1.95 bits per heavy atom. The van der Waals surface area contributed by atoms with E-state index in [1.165, 1.54) is 0 Å². The quantitative estimate of drug-likeness (QED) is 0.899. The zero-order chi connectivity index (χ0) is 14.0. The molecule has 0 atom stereocenters. The highest BCUT2D eigenvalue weighted by Crippen LogP contribution is 2.27. The van der Waals surface area contributed by atoms with E-state index in [2.05, 4.69) is 5.32 Å². The number of hydrogen-bond donors (Lipinski definition) is 2. The zero-order valence-corrected chi connectivity index (χ0v) is 12.1. The van der Waals surface area contributed by atoms with Gasteiger partial charge in [-0.3, -0.25) is 0 Å². The maximum Gasteiger partial charge on any atom is 0.322 e. The zero-order valence-electron chi connectivity index (χ0n) is 10.6. The number of likely N-dealkylation sites (tertiary alicyclic amines) is 1. The number of halogens is 2. The van der Waals surface area contributed by atoms with Gasteiger partial charge in [0.15, 0.2) is 0 Å². The molecule has 2 N–H and O–H groups in total. The van der Waals surface area contributed by atoms with Gasteiger partial charge in [0.2, 0.25) is 0 Å². The van der Waals surface area contributed by atoms with Crippen molar-refractivity contribution in [2.24, 2.45) is 0 Å². The molecule has 1 aromatic rings. The van der Waals surface area contributed by atoms with Gasteiger partial charge in [-0.2, -0.15) is 0 Å². The van der Waals surface area contributed by atoms with Crippen LogP contribution in [0.15, 0.2) is 18.2 Å².